The standard InChI is InChI=1S/C20H22N2O4.2ClH/c1-13-8-17(19(23)22-7-5-16(11-22)20(24)25)9-14(2)18(13)26-12-15-4-3-6-21-10-15;;/h3-4,6,8-10,16H,5,7,11-12H2,1-2H3,(H,24,25);2*1H. The number of aromatic nitrogens is 1. The monoisotopic (exact) mass is 426 g/mol. The van der Waals surface area contributed by atoms with Gasteiger partial charge >= 0.3 is 5.97 Å². The number of carboxylic acid groups (broad SMARTS) is 1. The number of hydrogen-bond acceptors (Lipinski definition) is 4. The number of carbonyl (C=O) groups is 2. The lowest BCUT2D eigenvalue weighted by Crippen LogP contribution is -2.30. The first-order valence-electron chi connectivity index (χ1n) is 8.60. The minimum absolute atomic E-state index is 0. The van der Waals surface area contributed by atoms with Crippen LogP contribution in [-0.2, 0) is 11.4 Å². The summed E-state index contributed by atoms with van der Waals surface area (Å²) in [5.41, 5.74) is 3.31. The molecule has 1 aliphatic heterocycles. The zero-order valence-electron chi connectivity index (χ0n) is 15.8. The van der Waals surface area contributed by atoms with Gasteiger partial charge < -0.3 is 14.7 Å². The molecule has 8 heteroatoms. The molecule has 0 saturated carbocycles. The first-order valence-corrected chi connectivity index (χ1v) is 8.60. The Balaban J connectivity index is 0.00000196. The van der Waals surface area contributed by atoms with Crippen molar-refractivity contribution in [1.82, 2.24) is 9.88 Å². The highest BCUT2D eigenvalue weighted by atomic mass is 35.5. The molecule has 0 aliphatic carbocycles. The van der Waals surface area contributed by atoms with E-state index in [9.17, 15) is 9.59 Å². The van der Waals surface area contributed by atoms with Gasteiger partial charge in [0.25, 0.3) is 5.91 Å². The maximum absolute atomic E-state index is 12.7. The van der Waals surface area contributed by atoms with E-state index in [1.807, 2.05) is 38.1 Å². The van der Waals surface area contributed by atoms with Crippen LogP contribution in [0.5, 0.6) is 5.75 Å². The van der Waals surface area contributed by atoms with Crippen LogP contribution in [0.1, 0.15) is 33.5 Å². The average Bonchev–Trinajstić information content (AvgIpc) is 3.11. The van der Waals surface area contributed by atoms with Gasteiger partial charge in [0.15, 0.2) is 0 Å². The number of likely N-dealkylation sites (tertiary alicyclic amines) is 1. The fourth-order valence-electron chi connectivity index (χ4n) is 3.27. The number of carboxylic acids is 1. The summed E-state index contributed by atoms with van der Waals surface area (Å²) in [6, 6.07) is 7.42. The Labute approximate surface area is 176 Å². The van der Waals surface area contributed by atoms with Crippen LogP contribution in [0.3, 0.4) is 0 Å². The lowest BCUT2D eigenvalue weighted by Gasteiger charge is -2.18. The predicted octanol–water partition coefficient (Wildman–Crippen LogP) is 3.67. The van der Waals surface area contributed by atoms with Crippen molar-refractivity contribution < 1.29 is 19.4 Å². The van der Waals surface area contributed by atoms with Crippen molar-refractivity contribution in [2.45, 2.75) is 26.9 Å². The van der Waals surface area contributed by atoms with E-state index in [0.29, 0.717) is 25.1 Å². The summed E-state index contributed by atoms with van der Waals surface area (Å²) in [6.45, 7) is 4.98. The third-order valence-electron chi connectivity index (χ3n) is 4.64. The Morgan fingerprint density at radius 1 is 1.25 bits per heavy atom. The van der Waals surface area contributed by atoms with Gasteiger partial charge in [-0.2, -0.15) is 0 Å². The molecule has 2 aromatic rings. The number of benzene rings is 1. The molecule has 28 heavy (non-hydrogen) atoms. The van der Waals surface area contributed by atoms with Crippen molar-refractivity contribution in [2.75, 3.05) is 13.1 Å². The first kappa shape index (κ1) is 23.7. The van der Waals surface area contributed by atoms with Crippen LogP contribution in [-0.4, -0.2) is 40.0 Å². The van der Waals surface area contributed by atoms with Crippen LogP contribution in [0.2, 0.25) is 0 Å². The van der Waals surface area contributed by atoms with E-state index in [4.69, 9.17) is 9.84 Å². The maximum atomic E-state index is 12.7. The first-order chi connectivity index (χ1) is 12.5. The highest BCUT2D eigenvalue weighted by Crippen LogP contribution is 2.27. The zero-order valence-corrected chi connectivity index (χ0v) is 17.4. The Kier molecular flexibility index (Phi) is 8.72. The molecule has 1 aliphatic rings. The Bertz CT molecular complexity index is 807. The molecule has 2 heterocycles. The largest absolute Gasteiger partial charge is 0.488 e. The molecule has 1 unspecified atom stereocenters. The van der Waals surface area contributed by atoms with Gasteiger partial charge in [-0.15, -0.1) is 24.8 Å². The molecule has 1 amide bonds. The lowest BCUT2D eigenvalue weighted by molar-refractivity contribution is -0.141. The molecule has 0 spiro atoms. The normalized spacial score (nSPS) is 15.4. The minimum Gasteiger partial charge on any atom is -0.488 e. The summed E-state index contributed by atoms with van der Waals surface area (Å²) in [7, 11) is 0. The van der Waals surface area contributed by atoms with Gasteiger partial charge in [-0.1, -0.05) is 6.07 Å². The maximum Gasteiger partial charge on any atom is 0.308 e. The summed E-state index contributed by atoms with van der Waals surface area (Å²) >= 11 is 0. The van der Waals surface area contributed by atoms with Gasteiger partial charge in [-0.3, -0.25) is 14.6 Å². The number of ether oxygens (including phenoxy) is 1. The van der Waals surface area contributed by atoms with Crippen LogP contribution in [0.15, 0.2) is 36.7 Å². The molecule has 0 radical (unpaired) electrons. The molecule has 1 atom stereocenters. The van der Waals surface area contributed by atoms with Crippen LogP contribution < -0.4 is 4.74 Å². The molecule has 1 aromatic carbocycles. The van der Waals surface area contributed by atoms with E-state index in [1.54, 1.807) is 17.3 Å². The topological polar surface area (TPSA) is 79.7 Å². The molecule has 1 aromatic heterocycles. The Morgan fingerprint density at radius 3 is 2.46 bits per heavy atom. The molecule has 1 fully saturated rings. The van der Waals surface area contributed by atoms with Crippen LogP contribution in [0.4, 0.5) is 0 Å². The number of carbonyl (C=O) groups excluding carboxylic acids is 1. The van der Waals surface area contributed by atoms with E-state index >= 15 is 0 Å². The van der Waals surface area contributed by atoms with Crippen molar-refractivity contribution in [1.29, 1.82) is 0 Å². The zero-order chi connectivity index (χ0) is 18.7. The van der Waals surface area contributed by atoms with Gasteiger partial charge in [0.05, 0.1) is 5.92 Å². The molecule has 0 bridgehead atoms. The fraction of sp³-hybridized carbons (Fsp3) is 0.350. The van der Waals surface area contributed by atoms with Crippen molar-refractivity contribution >= 4 is 36.7 Å². The molecule has 6 nitrogen and oxygen atoms in total. The SMILES string of the molecule is Cc1cc(C(=O)N2CCC(C(=O)O)C2)cc(C)c1OCc1cccnc1.Cl.Cl. The summed E-state index contributed by atoms with van der Waals surface area (Å²) in [4.78, 5) is 29.5. The second kappa shape index (κ2) is 10.3. The molecule has 1 saturated heterocycles. The van der Waals surface area contributed by atoms with Crippen molar-refractivity contribution in [3.63, 3.8) is 0 Å². The number of rotatable bonds is 5. The predicted molar refractivity (Wildman–Crippen MR) is 111 cm³/mol. The Hall–Kier alpha value is -2.31. The summed E-state index contributed by atoms with van der Waals surface area (Å²) in [6.07, 6.45) is 3.98. The number of aliphatic carboxylic acids is 1. The van der Waals surface area contributed by atoms with Crippen molar-refractivity contribution in [3.05, 3.63) is 58.9 Å². The molecule has 3 rings (SSSR count). The summed E-state index contributed by atoms with van der Waals surface area (Å²) in [5, 5.41) is 9.10. The third kappa shape index (κ3) is 5.36. The number of nitrogens with zero attached hydrogens (tertiary/aromatic N) is 2. The summed E-state index contributed by atoms with van der Waals surface area (Å²) in [5.74, 6) is -0.677. The van der Waals surface area contributed by atoms with E-state index < -0.39 is 11.9 Å². The number of pyridine rings is 1. The highest BCUT2D eigenvalue weighted by Gasteiger charge is 2.31. The smallest absolute Gasteiger partial charge is 0.308 e. The number of aryl methyl sites for hydroxylation is 2. The van der Waals surface area contributed by atoms with Crippen LogP contribution in [0, 0.1) is 19.8 Å². The van der Waals surface area contributed by atoms with E-state index in [2.05, 4.69) is 4.98 Å². The van der Waals surface area contributed by atoms with E-state index in [0.717, 1.165) is 22.4 Å². The molecular formula is C20H24Cl2N2O4. The van der Waals surface area contributed by atoms with E-state index in [-0.39, 0.29) is 37.3 Å². The number of hydrogen-bond donors (Lipinski definition) is 1. The molecule has 1 N–H and O–H groups in total. The van der Waals surface area contributed by atoms with Gasteiger partial charge in [-0.05, 0) is 49.6 Å². The van der Waals surface area contributed by atoms with Gasteiger partial charge in [-0.25, -0.2) is 0 Å². The van der Waals surface area contributed by atoms with Crippen LogP contribution >= 0.6 is 24.8 Å². The minimum atomic E-state index is -0.841. The van der Waals surface area contributed by atoms with Gasteiger partial charge in [0.1, 0.15) is 12.4 Å². The van der Waals surface area contributed by atoms with Crippen LogP contribution in [0.25, 0.3) is 0 Å². The summed E-state index contributed by atoms with van der Waals surface area (Å²) < 4.78 is 5.92. The average molecular weight is 427 g/mol. The number of amides is 1. The van der Waals surface area contributed by atoms with Crippen molar-refractivity contribution in [3.8, 4) is 5.75 Å². The fourth-order valence-corrected chi connectivity index (χ4v) is 3.27. The molecule has 152 valence electrons. The van der Waals surface area contributed by atoms with E-state index in [1.165, 1.54) is 0 Å². The highest BCUT2D eigenvalue weighted by molar-refractivity contribution is 5.95. The Morgan fingerprint density at radius 2 is 1.93 bits per heavy atom. The number of halogens is 2. The van der Waals surface area contributed by atoms with Gasteiger partial charge in [0, 0.05) is 36.6 Å². The quantitative estimate of drug-likeness (QED) is 0.788. The second-order valence-electron chi connectivity index (χ2n) is 6.66. The second-order valence-corrected chi connectivity index (χ2v) is 6.66. The third-order valence-corrected chi connectivity index (χ3v) is 4.64. The lowest BCUT2D eigenvalue weighted by atomic mass is 10.0. The van der Waals surface area contributed by atoms with Gasteiger partial charge in [0.2, 0.25) is 0 Å². The van der Waals surface area contributed by atoms with Crippen molar-refractivity contribution in [2.24, 2.45) is 5.92 Å². The molecular weight excluding hydrogens is 403 g/mol.